The van der Waals surface area contributed by atoms with E-state index in [1.54, 1.807) is 0 Å². The van der Waals surface area contributed by atoms with Gasteiger partial charge in [0.1, 0.15) is 0 Å². The minimum atomic E-state index is -5.08. The van der Waals surface area contributed by atoms with Gasteiger partial charge in [-0.05, 0) is 4.53 Å². The molecular formula is C3H3F4NO2. The molecule has 7 heteroatoms. The number of alkyl halides is 3. The normalized spacial score (nSPS) is 14.8. The topological polar surface area (TPSA) is 52.3 Å². The highest BCUT2D eigenvalue weighted by molar-refractivity contribution is 5.79. The molecule has 1 amide bonds. The van der Waals surface area contributed by atoms with Crippen molar-refractivity contribution < 1.29 is 27.4 Å². The summed E-state index contributed by atoms with van der Waals surface area (Å²) in [5.74, 6) is -1.91. The SMILES string of the molecule is NC(=O)C(OF)C(F)(F)F. The van der Waals surface area contributed by atoms with Crippen LogP contribution < -0.4 is 5.73 Å². The summed E-state index contributed by atoms with van der Waals surface area (Å²) >= 11 is 0. The Bertz CT molecular complexity index is 133. The van der Waals surface area contributed by atoms with E-state index in [0.717, 1.165) is 0 Å². The first-order valence-electron chi connectivity index (χ1n) is 2.03. The van der Waals surface area contributed by atoms with Gasteiger partial charge in [-0.25, -0.2) is 0 Å². The highest BCUT2D eigenvalue weighted by Crippen LogP contribution is 2.22. The van der Waals surface area contributed by atoms with Gasteiger partial charge < -0.3 is 5.73 Å². The third-order valence-electron chi connectivity index (χ3n) is 0.645. The molecule has 0 aromatic heterocycles. The molecule has 2 N–H and O–H groups in total. The highest BCUT2D eigenvalue weighted by atomic mass is 19.4. The van der Waals surface area contributed by atoms with Crippen LogP contribution in [0.15, 0.2) is 0 Å². The standard InChI is InChI=1S/C3H3F4NO2/c4-3(5,6)1(10-7)2(8)9/h1H,(H2,8,9). The zero-order valence-electron chi connectivity index (χ0n) is 4.48. The molecule has 0 aliphatic heterocycles. The second-order valence-electron chi connectivity index (χ2n) is 1.41. The van der Waals surface area contributed by atoms with Crippen molar-refractivity contribution in [3.63, 3.8) is 0 Å². The number of primary amides is 1. The molecule has 0 spiro atoms. The number of hydrogen-bond donors (Lipinski definition) is 1. The fourth-order valence-electron chi connectivity index (χ4n) is 0.256. The second-order valence-corrected chi connectivity index (χ2v) is 1.41. The molecule has 60 valence electrons. The summed E-state index contributed by atoms with van der Waals surface area (Å²) in [6.45, 7) is 0. The highest BCUT2D eigenvalue weighted by Gasteiger charge is 2.46. The van der Waals surface area contributed by atoms with Gasteiger partial charge in [0.2, 0.25) is 0 Å². The number of carbonyl (C=O) groups excluding carboxylic acids is 1. The first kappa shape index (κ1) is 9.15. The summed E-state index contributed by atoms with van der Waals surface area (Å²) in [4.78, 5) is 12.0. The lowest BCUT2D eigenvalue weighted by Crippen LogP contribution is -2.41. The molecule has 0 aromatic carbocycles. The van der Waals surface area contributed by atoms with Gasteiger partial charge in [0, 0.05) is 0 Å². The Labute approximate surface area is 52.6 Å². The largest absolute Gasteiger partial charge is 0.427 e. The molecule has 0 rings (SSSR count). The fraction of sp³-hybridized carbons (Fsp3) is 0.667. The van der Waals surface area contributed by atoms with Crippen molar-refractivity contribution in [2.45, 2.75) is 12.3 Å². The maximum Gasteiger partial charge on any atom is 0.427 e. The maximum absolute atomic E-state index is 11.3. The Balaban J connectivity index is 4.22. The molecule has 10 heavy (non-hydrogen) atoms. The second kappa shape index (κ2) is 2.82. The molecule has 1 atom stereocenters. The van der Waals surface area contributed by atoms with Gasteiger partial charge in [-0.3, -0.25) is 4.79 Å². The molecule has 0 saturated carbocycles. The number of hydrogen-bond acceptors (Lipinski definition) is 2. The van der Waals surface area contributed by atoms with E-state index in [1.165, 1.54) is 0 Å². The zero-order chi connectivity index (χ0) is 8.36. The van der Waals surface area contributed by atoms with E-state index >= 15 is 0 Å². The summed E-state index contributed by atoms with van der Waals surface area (Å²) in [6, 6.07) is 0. The van der Waals surface area contributed by atoms with Crippen LogP contribution in [0.4, 0.5) is 17.7 Å². The predicted molar refractivity (Wildman–Crippen MR) is 21.2 cm³/mol. The van der Waals surface area contributed by atoms with Crippen LogP contribution in [0, 0.1) is 0 Å². The van der Waals surface area contributed by atoms with E-state index in [4.69, 9.17) is 0 Å². The molecule has 0 aliphatic carbocycles. The van der Waals surface area contributed by atoms with Crippen LogP contribution in [-0.2, 0) is 9.74 Å². The van der Waals surface area contributed by atoms with E-state index in [0.29, 0.717) is 0 Å². The van der Waals surface area contributed by atoms with Crippen molar-refractivity contribution >= 4 is 5.91 Å². The van der Waals surface area contributed by atoms with Gasteiger partial charge in [0.15, 0.2) is 0 Å². The Kier molecular flexibility index (Phi) is 2.58. The van der Waals surface area contributed by atoms with Gasteiger partial charge in [0.05, 0.1) is 0 Å². The Morgan fingerprint density at radius 2 is 1.90 bits per heavy atom. The first-order chi connectivity index (χ1) is 4.39. The van der Waals surface area contributed by atoms with Gasteiger partial charge in [0.25, 0.3) is 12.0 Å². The van der Waals surface area contributed by atoms with E-state index < -0.39 is 18.2 Å². The van der Waals surface area contributed by atoms with Crippen LogP contribution >= 0.6 is 0 Å². The average Bonchev–Trinajstić information content (AvgIpc) is 1.60. The molecule has 0 radical (unpaired) electrons. The molecule has 0 saturated heterocycles. The Hall–Kier alpha value is -0.850. The summed E-state index contributed by atoms with van der Waals surface area (Å²) in [6.07, 6.45) is -8.24. The molecule has 0 fully saturated rings. The van der Waals surface area contributed by atoms with Crippen molar-refractivity contribution in [2.75, 3.05) is 0 Å². The van der Waals surface area contributed by atoms with E-state index in [2.05, 4.69) is 10.7 Å². The first-order valence-corrected chi connectivity index (χ1v) is 2.03. The third kappa shape index (κ3) is 2.18. The van der Waals surface area contributed by atoms with Crippen molar-refractivity contribution in [3.8, 4) is 0 Å². The molecule has 0 heterocycles. The van der Waals surface area contributed by atoms with Gasteiger partial charge >= 0.3 is 6.18 Å². The quantitative estimate of drug-likeness (QED) is 0.592. The van der Waals surface area contributed by atoms with E-state index in [9.17, 15) is 22.5 Å². The molecule has 3 nitrogen and oxygen atoms in total. The Morgan fingerprint density at radius 1 is 1.50 bits per heavy atom. The minimum absolute atomic E-state index is 1.91. The van der Waals surface area contributed by atoms with Crippen molar-refractivity contribution in [1.29, 1.82) is 0 Å². The van der Waals surface area contributed by atoms with Gasteiger partial charge in [-0.1, -0.05) is 0 Å². The van der Waals surface area contributed by atoms with Crippen LogP contribution in [0.5, 0.6) is 0 Å². The number of halogens is 4. The van der Waals surface area contributed by atoms with Crippen LogP contribution in [0.1, 0.15) is 0 Å². The summed E-state index contributed by atoms with van der Waals surface area (Å²) in [5, 5.41) is 0. The Morgan fingerprint density at radius 3 is 1.90 bits per heavy atom. The lowest BCUT2D eigenvalue weighted by molar-refractivity contribution is -0.283. The van der Waals surface area contributed by atoms with Crippen molar-refractivity contribution in [2.24, 2.45) is 5.73 Å². The predicted octanol–water partition coefficient (Wildman–Crippen LogP) is 0.304. The van der Waals surface area contributed by atoms with Crippen LogP contribution in [0.2, 0.25) is 0 Å². The number of rotatable bonds is 2. The molecule has 1 unspecified atom stereocenters. The number of nitrogens with two attached hydrogens (primary N) is 1. The van der Waals surface area contributed by atoms with Crippen molar-refractivity contribution in [1.82, 2.24) is 0 Å². The van der Waals surface area contributed by atoms with Gasteiger partial charge in [-0.15, -0.1) is 0 Å². The van der Waals surface area contributed by atoms with E-state index in [-0.39, 0.29) is 0 Å². The smallest absolute Gasteiger partial charge is 0.367 e. The average molecular weight is 161 g/mol. The van der Waals surface area contributed by atoms with Crippen LogP contribution in [-0.4, -0.2) is 18.2 Å². The minimum Gasteiger partial charge on any atom is -0.367 e. The lowest BCUT2D eigenvalue weighted by Gasteiger charge is -2.10. The molecule has 0 bridgehead atoms. The number of amides is 1. The third-order valence-corrected chi connectivity index (χ3v) is 0.645. The lowest BCUT2D eigenvalue weighted by atomic mass is 10.3. The molecule has 0 aromatic rings. The van der Waals surface area contributed by atoms with E-state index in [1.807, 2.05) is 0 Å². The summed E-state index contributed by atoms with van der Waals surface area (Å²) < 4.78 is 44.8. The zero-order valence-corrected chi connectivity index (χ0v) is 4.48. The van der Waals surface area contributed by atoms with Crippen LogP contribution in [0.3, 0.4) is 0 Å². The monoisotopic (exact) mass is 161 g/mol. The van der Waals surface area contributed by atoms with Crippen LogP contribution in [0.25, 0.3) is 0 Å². The number of carbonyl (C=O) groups is 1. The van der Waals surface area contributed by atoms with Gasteiger partial charge in [-0.2, -0.15) is 18.1 Å². The summed E-state index contributed by atoms with van der Waals surface area (Å²) in [7, 11) is 0. The maximum atomic E-state index is 11.3. The summed E-state index contributed by atoms with van der Waals surface area (Å²) in [5.41, 5.74) is 4.11. The van der Waals surface area contributed by atoms with Crippen molar-refractivity contribution in [3.05, 3.63) is 0 Å². The molecule has 0 aliphatic rings. The molecular weight excluding hydrogens is 158 g/mol. The fourth-order valence-corrected chi connectivity index (χ4v) is 0.256.